The molecule has 11 saturated heterocycles. The zero-order valence-electron chi connectivity index (χ0n) is 44.5. The van der Waals surface area contributed by atoms with Crippen LogP contribution < -0.4 is 5.19 Å². The van der Waals surface area contributed by atoms with Crippen molar-refractivity contribution in [2.24, 2.45) is 0 Å². The summed E-state index contributed by atoms with van der Waals surface area (Å²) in [5.74, 6) is 0. The largest absolute Gasteiger partial charge is 0.417 e. The van der Waals surface area contributed by atoms with Crippen molar-refractivity contribution in [3.05, 3.63) is 30.3 Å². The van der Waals surface area contributed by atoms with E-state index in [0.717, 1.165) is 170 Å². The van der Waals surface area contributed by atoms with Gasteiger partial charge < -0.3 is 48.7 Å². The molecule has 0 aliphatic carbocycles. The van der Waals surface area contributed by atoms with E-state index in [1.165, 1.54) is 213 Å². The van der Waals surface area contributed by atoms with Crippen LogP contribution in [0.15, 0.2) is 30.3 Å². The van der Waals surface area contributed by atoms with Gasteiger partial charge in [0.25, 0.3) is 0 Å². The van der Waals surface area contributed by atoms with Crippen molar-refractivity contribution < 1.29 is 48.7 Å². The van der Waals surface area contributed by atoms with Gasteiger partial charge in [-0.3, -0.25) is 0 Å². The van der Waals surface area contributed by atoms with Gasteiger partial charge >= 0.3 is 0 Å². The summed E-state index contributed by atoms with van der Waals surface area (Å²) in [4.78, 5) is 0. The van der Waals surface area contributed by atoms with Crippen LogP contribution in [0.2, 0.25) is 66.5 Å². The average molecular weight is 1180 g/mol. The fraction of sp³-hybridized carbons (Fsp3) is 0.880. The van der Waals surface area contributed by atoms with Crippen LogP contribution in [-0.4, -0.2) is 179 Å². The van der Waals surface area contributed by atoms with E-state index < -0.39 is 9.04 Å². The third-order valence-corrected chi connectivity index (χ3v) is 22.9. The van der Waals surface area contributed by atoms with Crippen LogP contribution in [0, 0.1) is 0 Å². The summed E-state index contributed by atoms with van der Waals surface area (Å²) in [5, 5.41) is 1.43. The first-order valence-corrected chi connectivity index (χ1v) is 40.7. The third-order valence-electron chi connectivity index (χ3n) is 10.9. The van der Waals surface area contributed by atoms with E-state index in [9.17, 15) is 0 Å². The van der Waals surface area contributed by atoms with Crippen LogP contribution in [0.4, 0.5) is 0 Å². The standard InChI is InChI=1S/C10H13OSi.10C4H8OSi/c1-2-6-10(7-3-1)12-9-5-4-8-11-12;10*1-2-4-6-5-3-1/h1-3,6-7H,4-5,8-9H2;10*1-4H2. The van der Waals surface area contributed by atoms with Crippen molar-refractivity contribution in [1.29, 1.82) is 0 Å². The van der Waals surface area contributed by atoms with Crippen LogP contribution in [0.5, 0.6) is 0 Å². The zero-order chi connectivity index (χ0) is 50.7. The first kappa shape index (κ1) is 69.3. The van der Waals surface area contributed by atoms with Crippen LogP contribution >= 0.6 is 0 Å². The molecule has 0 atom stereocenters. The maximum absolute atomic E-state index is 5.77. The molecule has 0 amide bonds. The summed E-state index contributed by atoms with van der Waals surface area (Å²) in [6.07, 6.45) is 29.3. The van der Waals surface area contributed by atoms with Crippen LogP contribution in [0.1, 0.15) is 141 Å². The Morgan fingerprint density at radius 3 is 0.569 bits per heavy atom. The molecule has 0 N–H and O–H groups in total. The predicted octanol–water partition coefficient (Wildman–Crippen LogP) is 10.0. The van der Waals surface area contributed by atoms with E-state index >= 15 is 0 Å². The minimum atomic E-state index is -0.626. The van der Waals surface area contributed by atoms with E-state index in [-0.39, 0.29) is 0 Å². The third kappa shape index (κ3) is 53.2. The Hall–Kier alpha value is 1.17. The molecule has 0 saturated carbocycles. The second-order valence-electron chi connectivity index (χ2n) is 17.6. The molecule has 11 fully saturated rings. The quantitative estimate of drug-likeness (QED) is 0.251. The normalized spacial score (nSPS) is 23.2. The highest BCUT2D eigenvalue weighted by atomic mass is 28.3. The molecule has 0 spiro atoms. The lowest BCUT2D eigenvalue weighted by Gasteiger charge is -2.20. The molecule has 1 aromatic rings. The summed E-state index contributed by atoms with van der Waals surface area (Å²) in [5.41, 5.74) is 0. The van der Waals surface area contributed by atoms with Gasteiger partial charge in [0.05, 0.1) is 0 Å². The molecule has 1 aromatic carbocycles. The predicted molar refractivity (Wildman–Crippen MR) is 309 cm³/mol. The fourth-order valence-electron chi connectivity index (χ4n) is 6.66. The average Bonchev–Trinajstić information content (AvgIpc) is 3.53. The van der Waals surface area contributed by atoms with Crippen molar-refractivity contribution in [1.82, 2.24) is 0 Å². The van der Waals surface area contributed by atoms with Gasteiger partial charge in [-0.05, 0) is 142 Å². The monoisotopic (exact) mass is 1180 g/mol. The molecule has 11 aliphatic rings. The van der Waals surface area contributed by atoms with E-state index in [0.29, 0.717) is 0 Å². The smallest absolute Gasteiger partial charge is 0.246 e. The molecule has 22 heteroatoms. The number of rotatable bonds is 1. The molecule has 0 unspecified atom stereocenters. The Labute approximate surface area is 468 Å². The highest BCUT2D eigenvalue weighted by Gasteiger charge is 2.18. The SMILES string of the molecule is C1CC[Si]OC1.C1CC[Si]OC1.C1CC[Si]OC1.C1CC[Si]OC1.C1CC[Si]OC1.C1CC[Si]OC1.C1CC[Si]OC1.C1CC[Si]OC1.C1CC[Si]OC1.C1CC[Si]OC1.c1ccc([Si]2CCCCO2)cc1. The molecule has 11 aliphatic heterocycles. The topological polar surface area (TPSA) is 102 Å². The van der Waals surface area contributed by atoms with Crippen molar-refractivity contribution in [2.45, 2.75) is 208 Å². The van der Waals surface area contributed by atoms with Gasteiger partial charge in [0.15, 0.2) is 0 Å². The Morgan fingerprint density at radius 1 is 0.236 bits per heavy atom. The molecule has 12 rings (SSSR count). The van der Waals surface area contributed by atoms with Gasteiger partial charge in [-0.15, -0.1) is 0 Å². The summed E-state index contributed by atoms with van der Waals surface area (Å²) in [6, 6.07) is 25.0. The number of hydrogen-bond donors (Lipinski definition) is 0. The minimum absolute atomic E-state index is 0.626. The van der Waals surface area contributed by atoms with Crippen molar-refractivity contribution in [2.75, 3.05) is 72.7 Å². The highest BCUT2D eigenvalue weighted by Crippen LogP contribution is 2.11. The molecule has 11 nitrogen and oxygen atoms in total. The van der Waals surface area contributed by atoms with Crippen LogP contribution in [-0.2, 0) is 48.7 Å². The molecular formula is C50H93O11Si11. The number of benzene rings is 1. The summed E-state index contributed by atoms with van der Waals surface area (Å²) >= 11 is 0. The Kier molecular flexibility index (Phi) is 59.1. The zero-order valence-corrected chi connectivity index (χ0v) is 55.5. The first-order valence-electron chi connectivity index (χ1n) is 28.0. The van der Waals surface area contributed by atoms with Gasteiger partial charge in [0, 0.05) is 72.7 Å². The van der Waals surface area contributed by atoms with Crippen molar-refractivity contribution in [3.63, 3.8) is 0 Å². The Bertz CT molecular complexity index is 814. The minimum Gasteiger partial charge on any atom is -0.417 e. The van der Waals surface area contributed by atoms with E-state index in [4.69, 9.17) is 48.7 Å². The summed E-state index contributed by atoms with van der Waals surface area (Å²) < 4.78 is 56.7. The van der Waals surface area contributed by atoms with Gasteiger partial charge in [-0.1, -0.05) is 101 Å². The fourth-order valence-corrected chi connectivity index (χ4v) is 17.1. The van der Waals surface area contributed by atoms with Gasteiger partial charge in [0.1, 0.15) is 0 Å². The molecule has 21 radical (unpaired) electrons. The van der Waals surface area contributed by atoms with Crippen molar-refractivity contribution in [3.8, 4) is 0 Å². The molecule has 0 aromatic heterocycles. The second-order valence-corrected chi connectivity index (χ2v) is 30.6. The Balaban J connectivity index is 0.000000274. The maximum Gasteiger partial charge on any atom is 0.246 e. The number of hydrogen-bond acceptors (Lipinski definition) is 11. The van der Waals surface area contributed by atoms with Gasteiger partial charge in [-0.25, -0.2) is 0 Å². The van der Waals surface area contributed by atoms with Crippen LogP contribution in [0.3, 0.4) is 0 Å². The lowest BCUT2D eigenvalue weighted by molar-refractivity contribution is 0.294. The van der Waals surface area contributed by atoms with E-state index in [1.807, 2.05) is 0 Å². The highest BCUT2D eigenvalue weighted by molar-refractivity contribution is 6.67. The van der Waals surface area contributed by atoms with E-state index in [1.54, 1.807) is 0 Å². The molecule has 11 heterocycles. The summed E-state index contributed by atoms with van der Waals surface area (Å²) in [6.45, 7) is 11.1. The summed E-state index contributed by atoms with van der Waals surface area (Å²) in [7, 11) is 7.39. The first-order chi connectivity index (χ1) is 36.0. The van der Waals surface area contributed by atoms with Gasteiger partial charge in [-0.2, -0.15) is 0 Å². The lowest BCUT2D eigenvalue weighted by atomic mass is 10.3. The van der Waals surface area contributed by atoms with E-state index in [2.05, 4.69) is 30.3 Å². The lowest BCUT2D eigenvalue weighted by Crippen LogP contribution is -2.36. The molecule has 0 bridgehead atoms. The Morgan fingerprint density at radius 2 is 0.444 bits per heavy atom. The second kappa shape index (κ2) is 61.4. The van der Waals surface area contributed by atoms with Crippen molar-refractivity contribution >= 4 is 112 Å². The molecule has 403 valence electrons. The maximum atomic E-state index is 5.77. The molecule has 72 heavy (non-hydrogen) atoms. The molecular weight excluding hydrogens is 1090 g/mol. The van der Waals surface area contributed by atoms with Gasteiger partial charge in [0.2, 0.25) is 107 Å². The van der Waals surface area contributed by atoms with Crippen LogP contribution in [0.25, 0.3) is 0 Å².